The fraction of sp³-hybridized carbons (Fsp3) is 0.500. The van der Waals surface area contributed by atoms with E-state index in [1.165, 1.54) is 0 Å². The molecule has 1 saturated heterocycles. The summed E-state index contributed by atoms with van der Waals surface area (Å²) in [5, 5.41) is 3.43. The molecule has 1 aliphatic rings. The lowest BCUT2D eigenvalue weighted by Gasteiger charge is -2.31. The molecular formula is C14H20ClN3O2. The topological polar surface area (TPSA) is 44.8 Å². The van der Waals surface area contributed by atoms with Crippen LogP contribution in [-0.4, -0.2) is 62.6 Å². The summed E-state index contributed by atoms with van der Waals surface area (Å²) in [4.78, 5) is 16.5. The molecule has 0 bridgehead atoms. The normalized spacial score (nSPS) is 16.9. The van der Waals surface area contributed by atoms with Crippen molar-refractivity contribution in [2.75, 3.05) is 52.2 Å². The van der Waals surface area contributed by atoms with E-state index in [1.807, 2.05) is 0 Å². The Balaban J connectivity index is 1.92. The number of carbonyl (C=O) groups is 1. The number of carbonyl (C=O) groups excluding carboxylic acids is 1. The summed E-state index contributed by atoms with van der Waals surface area (Å²) in [6.45, 7) is 4.21. The van der Waals surface area contributed by atoms with Gasteiger partial charge in [-0.1, -0.05) is 11.6 Å². The second-order valence-electron chi connectivity index (χ2n) is 4.97. The van der Waals surface area contributed by atoms with Crippen molar-refractivity contribution in [1.29, 1.82) is 0 Å². The van der Waals surface area contributed by atoms with Gasteiger partial charge in [-0.2, -0.15) is 0 Å². The number of methoxy groups -OCH3 is 1. The van der Waals surface area contributed by atoms with E-state index in [0.29, 0.717) is 23.0 Å². The van der Waals surface area contributed by atoms with Crippen LogP contribution in [0.5, 0.6) is 5.75 Å². The first-order valence-corrected chi connectivity index (χ1v) is 7.00. The van der Waals surface area contributed by atoms with Gasteiger partial charge in [0.05, 0.1) is 19.3 Å². The van der Waals surface area contributed by atoms with Gasteiger partial charge in [0.2, 0.25) is 5.91 Å². The predicted molar refractivity (Wildman–Crippen MR) is 80.6 cm³/mol. The Morgan fingerprint density at radius 3 is 2.70 bits per heavy atom. The van der Waals surface area contributed by atoms with Crippen LogP contribution in [0.25, 0.3) is 0 Å². The number of hydrogen-bond acceptors (Lipinski definition) is 4. The number of anilines is 1. The molecule has 0 aliphatic carbocycles. The van der Waals surface area contributed by atoms with E-state index < -0.39 is 0 Å². The van der Waals surface area contributed by atoms with Crippen molar-refractivity contribution in [2.24, 2.45) is 0 Å². The van der Waals surface area contributed by atoms with E-state index in [0.717, 1.165) is 26.2 Å². The molecule has 5 nitrogen and oxygen atoms in total. The van der Waals surface area contributed by atoms with Crippen molar-refractivity contribution in [3.8, 4) is 5.75 Å². The van der Waals surface area contributed by atoms with Crippen LogP contribution in [0, 0.1) is 0 Å². The maximum Gasteiger partial charge on any atom is 0.238 e. The Kier molecular flexibility index (Phi) is 5.23. The highest BCUT2D eigenvalue weighted by Crippen LogP contribution is 2.27. The summed E-state index contributed by atoms with van der Waals surface area (Å²) < 4.78 is 5.21. The summed E-state index contributed by atoms with van der Waals surface area (Å²) in [7, 11) is 3.66. The zero-order valence-electron chi connectivity index (χ0n) is 11.9. The maximum absolute atomic E-state index is 12.1. The first-order chi connectivity index (χ1) is 9.58. The molecule has 110 valence electrons. The lowest BCUT2D eigenvalue weighted by atomic mass is 10.2. The molecule has 0 atom stereocenters. The van der Waals surface area contributed by atoms with Crippen molar-refractivity contribution in [3.63, 3.8) is 0 Å². The number of halogens is 1. The minimum Gasteiger partial charge on any atom is -0.495 e. The number of hydrogen-bond donors (Lipinski definition) is 1. The summed E-state index contributed by atoms with van der Waals surface area (Å²) >= 11 is 5.94. The predicted octanol–water partition coefficient (Wildman–Crippen LogP) is 1.53. The van der Waals surface area contributed by atoms with Gasteiger partial charge >= 0.3 is 0 Å². The van der Waals surface area contributed by atoms with Gasteiger partial charge in [0.1, 0.15) is 5.75 Å². The largest absolute Gasteiger partial charge is 0.495 e. The third kappa shape index (κ3) is 4.10. The van der Waals surface area contributed by atoms with Crippen LogP contribution in [0.3, 0.4) is 0 Å². The molecule has 1 amide bonds. The summed E-state index contributed by atoms with van der Waals surface area (Å²) in [6, 6.07) is 5.17. The number of benzene rings is 1. The van der Waals surface area contributed by atoms with Crippen molar-refractivity contribution >= 4 is 23.2 Å². The molecule has 20 heavy (non-hydrogen) atoms. The van der Waals surface area contributed by atoms with Crippen LogP contribution in [0.4, 0.5) is 5.69 Å². The Hall–Kier alpha value is -1.30. The average Bonchev–Trinajstić information content (AvgIpc) is 2.41. The number of nitrogens with zero attached hydrogens (tertiary/aromatic N) is 2. The van der Waals surface area contributed by atoms with Crippen LogP contribution in [0.15, 0.2) is 18.2 Å². The van der Waals surface area contributed by atoms with E-state index in [-0.39, 0.29) is 5.91 Å². The number of amides is 1. The minimum atomic E-state index is -0.0462. The van der Waals surface area contributed by atoms with Crippen molar-refractivity contribution in [2.45, 2.75) is 0 Å². The van der Waals surface area contributed by atoms with E-state index in [2.05, 4.69) is 22.2 Å². The quantitative estimate of drug-likeness (QED) is 0.915. The molecule has 0 unspecified atom stereocenters. The van der Waals surface area contributed by atoms with Gasteiger partial charge in [-0.25, -0.2) is 0 Å². The SMILES string of the molecule is COc1ccc(Cl)cc1NC(=O)CN1CCN(C)CC1. The highest BCUT2D eigenvalue weighted by molar-refractivity contribution is 6.31. The zero-order chi connectivity index (χ0) is 14.5. The minimum absolute atomic E-state index is 0.0462. The summed E-state index contributed by atoms with van der Waals surface area (Å²) in [5.41, 5.74) is 0.610. The second kappa shape index (κ2) is 6.92. The van der Waals surface area contributed by atoms with Crippen LogP contribution < -0.4 is 10.1 Å². The smallest absolute Gasteiger partial charge is 0.238 e. The summed E-state index contributed by atoms with van der Waals surface area (Å²) in [5.74, 6) is 0.566. The average molecular weight is 298 g/mol. The van der Waals surface area contributed by atoms with E-state index >= 15 is 0 Å². The van der Waals surface area contributed by atoms with Crippen LogP contribution in [0.1, 0.15) is 0 Å². The molecule has 2 rings (SSSR count). The van der Waals surface area contributed by atoms with Gasteiger partial charge in [-0.15, -0.1) is 0 Å². The molecule has 0 saturated carbocycles. The highest BCUT2D eigenvalue weighted by atomic mass is 35.5. The molecule has 1 aromatic rings. The molecule has 1 aliphatic heterocycles. The van der Waals surface area contributed by atoms with Crippen molar-refractivity contribution in [1.82, 2.24) is 9.80 Å². The number of nitrogens with one attached hydrogen (secondary N) is 1. The molecule has 1 N–H and O–H groups in total. The first kappa shape index (κ1) is 15.1. The molecule has 6 heteroatoms. The number of rotatable bonds is 4. The lowest BCUT2D eigenvalue weighted by molar-refractivity contribution is -0.117. The molecular weight excluding hydrogens is 278 g/mol. The number of ether oxygens (including phenoxy) is 1. The fourth-order valence-corrected chi connectivity index (χ4v) is 2.35. The van der Waals surface area contributed by atoms with Crippen LogP contribution >= 0.6 is 11.6 Å². The van der Waals surface area contributed by atoms with E-state index in [1.54, 1.807) is 25.3 Å². The molecule has 0 radical (unpaired) electrons. The van der Waals surface area contributed by atoms with Crippen LogP contribution in [0.2, 0.25) is 5.02 Å². The van der Waals surface area contributed by atoms with E-state index in [9.17, 15) is 4.79 Å². The number of likely N-dealkylation sites (N-methyl/N-ethyl adjacent to an activating group) is 1. The van der Waals surface area contributed by atoms with Gasteiger partial charge < -0.3 is 15.0 Å². The van der Waals surface area contributed by atoms with Crippen molar-refractivity contribution < 1.29 is 9.53 Å². The fourth-order valence-electron chi connectivity index (χ4n) is 2.18. The molecule has 1 heterocycles. The Labute approximate surface area is 124 Å². The van der Waals surface area contributed by atoms with Crippen LogP contribution in [-0.2, 0) is 4.79 Å². The molecule has 0 spiro atoms. The maximum atomic E-state index is 12.1. The number of piperazine rings is 1. The third-order valence-electron chi connectivity index (χ3n) is 3.40. The lowest BCUT2D eigenvalue weighted by Crippen LogP contribution is -2.47. The third-order valence-corrected chi connectivity index (χ3v) is 3.63. The standard InChI is InChI=1S/C14H20ClN3O2/c1-17-5-7-18(8-6-17)10-14(19)16-12-9-11(15)3-4-13(12)20-2/h3-4,9H,5-8,10H2,1-2H3,(H,16,19). The zero-order valence-corrected chi connectivity index (χ0v) is 12.6. The molecule has 1 fully saturated rings. The van der Waals surface area contributed by atoms with Gasteiger partial charge in [0.15, 0.2) is 0 Å². The van der Waals surface area contributed by atoms with Crippen molar-refractivity contribution in [3.05, 3.63) is 23.2 Å². The Bertz CT molecular complexity index is 473. The summed E-state index contributed by atoms with van der Waals surface area (Å²) in [6.07, 6.45) is 0. The first-order valence-electron chi connectivity index (χ1n) is 6.63. The van der Waals surface area contributed by atoms with Gasteiger partial charge in [-0.05, 0) is 25.2 Å². The van der Waals surface area contributed by atoms with Gasteiger partial charge in [-0.3, -0.25) is 9.69 Å². The second-order valence-corrected chi connectivity index (χ2v) is 5.41. The highest BCUT2D eigenvalue weighted by Gasteiger charge is 2.17. The Morgan fingerprint density at radius 2 is 2.05 bits per heavy atom. The Morgan fingerprint density at radius 1 is 1.35 bits per heavy atom. The molecule has 1 aromatic carbocycles. The van der Waals surface area contributed by atoms with E-state index in [4.69, 9.17) is 16.3 Å². The van der Waals surface area contributed by atoms with Gasteiger partial charge in [0, 0.05) is 31.2 Å². The van der Waals surface area contributed by atoms with Gasteiger partial charge in [0.25, 0.3) is 0 Å². The monoisotopic (exact) mass is 297 g/mol. The molecule has 0 aromatic heterocycles.